The van der Waals surface area contributed by atoms with Gasteiger partial charge in [-0.2, -0.15) is 5.26 Å². The van der Waals surface area contributed by atoms with Gasteiger partial charge >= 0.3 is 0 Å². The zero-order valence-corrected chi connectivity index (χ0v) is 8.93. The quantitative estimate of drug-likeness (QED) is 0.622. The van der Waals surface area contributed by atoms with Crippen LogP contribution < -0.4 is 0 Å². The monoisotopic (exact) mass is 312 g/mol. The van der Waals surface area contributed by atoms with Gasteiger partial charge in [-0.1, -0.05) is 0 Å². The second kappa shape index (κ2) is 4.59. The predicted octanol–water partition coefficient (Wildman–Crippen LogP) is 2.83. The van der Waals surface area contributed by atoms with Gasteiger partial charge in [0.05, 0.1) is 12.5 Å². The minimum absolute atomic E-state index is 0.0360. The molecule has 1 rings (SSSR count). The third-order valence-corrected chi connectivity index (χ3v) is 2.44. The number of pyridine rings is 1. The maximum absolute atomic E-state index is 12.9. The summed E-state index contributed by atoms with van der Waals surface area (Å²) in [6, 6.07) is 2.73. The van der Waals surface area contributed by atoms with Crippen molar-refractivity contribution in [2.45, 2.75) is 12.8 Å². The van der Waals surface area contributed by atoms with Crippen LogP contribution in [0, 0.1) is 20.8 Å². The van der Waals surface area contributed by atoms with Crippen molar-refractivity contribution >= 4 is 22.6 Å². The summed E-state index contributed by atoms with van der Waals surface area (Å²) in [5, 5.41) is 8.36. The molecule has 0 atom stereocenters. The van der Waals surface area contributed by atoms with Crippen LogP contribution in [0.4, 0.5) is 13.2 Å². The lowest BCUT2D eigenvalue weighted by Gasteiger charge is -2.04. The molecule has 0 spiro atoms. The Morgan fingerprint density at radius 1 is 1.57 bits per heavy atom. The van der Waals surface area contributed by atoms with E-state index in [2.05, 4.69) is 4.98 Å². The van der Waals surface area contributed by atoms with Crippen molar-refractivity contribution in [1.82, 2.24) is 4.98 Å². The molecule has 74 valence electrons. The SMILES string of the molecule is N#CCc1cc(F)c(C(F)F)nc1I. The fourth-order valence-electron chi connectivity index (χ4n) is 0.880. The third kappa shape index (κ3) is 2.35. The van der Waals surface area contributed by atoms with E-state index in [1.54, 1.807) is 28.7 Å². The molecule has 0 fully saturated rings. The molecule has 0 N–H and O–H groups in total. The van der Waals surface area contributed by atoms with Crippen LogP contribution in [-0.2, 0) is 6.42 Å². The highest BCUT2D eigenvalue weighted by Crippen LogP contribution is 2.23. The zero-order valence-electron chi connectivity index (χ0n) is 6.77. The van der Waals surface area contributed by atoms with Crippen molar-refractivity contribution in [3.8, 4) is 6.07 Å². The first-order valence-corrected chi connectivity index (χ1v) is 4.64. The van der Waals surface area contributed by atoms with E-state index in [1.807, 2.05) is 0 Å². The standard InChI is InChI=1S/C8H4F3IN2/c9-5-3-4(1-2-13)8(12)14-6(5)7(10)11/h3,7H,1H2. The molecule has 0 bridgehead atoms. The smallest absolute Gasteiger partial charge is 0.237 e. The molecular weight excluding hydrogens is 308 g/mol. The summed E-state index contributed by atoms with van der Waals surface area (Å²) in [5.41, 5.74) is -0.536. The van der Waals surface area contributed by atoms with Gasteiger partial charge in [-0.25, -0.2) is 18.2 Å². The first-order valence-electron chi connectivity index (χ1n) is 3.56. The van der Waals surface area contributed by atoms with Crippen molar-refractivity contribution in [1.29, 1.82) is 5.26 Å². The summed E-state index contributed by atoms with van der Waals surface area (Å²) in [4.78, 5) is 3.40. The molecule has 1 heterocycles. The Kier molecular flexibility index (Phi) is 3.69. The van der Waals surface area contributed by atoms with E-state index in [1.165, 1.54) is 0 Å². The molecule has 0 unspecified atom stereocenters. The lowest BCUT2D eigenvalue weighted by molar-refractivity contribution is 0.140. The molecule has 2 nitrogen and oxygen atoms in total. The van der Waals surface area contributed by atoms with Crippen molar-refractivity contribution in [2.75, 3.05) is 0 Å². The molecule has 0 saturated heterocycles. The third-order valence-electron chi connectivity index (χ3n) is 1.51. The molecule has 0 aliphatic heterocycles. The number of rotatable bonds is 2. The second-order valence-electron chi connectivity index (χ2n) is 2.44. The Hall–Kier alpha value is -0.840. The molecule has 0 aliphatic rings. The maximum Gasteiger partial charge on any atom is 0.283 e. The summed E-state index contributed by atoms with van der Waals surface area (Å²) in [6.45, 7) is 0. The lowest BCUT2D eigenvalue weighted by atomic mass is 10.2. The van der Waals surface area contributed by atoms with E-state index in [0.29, 0.717) is 5.56 Å². The van der Waals surface area contributed by atoms with Crippen LogP contribution in [-0.4, -0.2) is 4.98 Å². The number of aromatic nitrogens is 1. The summed E-state index contributed by atoms with van der Waals surface area (Å²) in [7, 11) is 0. The summed E-state index contributed by atoms with van der Waals surface area (Å²) < 4.78 is 37.5. The van der Waals surface area contributed by atoms with Crippen LogP contribution in [0.25, 0.3) is 0 Å². The number of nitriles is 1. The summed E-state index contributed by atoms with van der Waals surface area (Å²) >= 11 is 1.70. The summed E-state index contributed by atoms with van der Waals surface area (Å²) in [5.74, 6) is -1.06. The molecule has 1 aromatic heterocycles. The Morgan fingerprint density at radius 3 is 2.71 bits per heavy atom. The van der Waals surface area contributed by atoms with Gasteiger partial charge in [0.2, 0.25) is 0 Å². The highest BCUT2D eigenvalue weighted by Gasteiger charge is 2.17. The van der Waals surface area contributed by atoms with Crippen molar-refractivity contribution in [3.05, 3.63) is 26.8 Å². The molecule has 0 amide bonds. The molecule has 0 aromatic carbocycles. The van der Waals surface area contributed by atoms with E-state index < -0.39 is 17.9 Å². The van der Waals surface area contributed by atoms with Crippen molar-refractivity contribution in [2.24, 2.45) is 0 Å². The minimum Gasteiger partial charge on any atom is -0.237 e. The van der Waals surface area contributed by atoms with Gasteiger partial charge in [-0.05, 0) is 28.7 Å². The molecule has 0 radical (unpaired) electrons. The fourth-order valence-corrected chi connectivity index (χ4v) is 1.49. The molecule has 0 aliphatic carbocycles. The van der Waals surface area contributed by atoms with Crippen molar-refractivity contribution in [3.63, 3.8) is 0 Å². The first-order chi connectivity index (χ1) is 6.56. The van der Waals surface area contributed by atoms with Gasteiger partial charge in [0.15, 0.2) is 5.82 Å². The number of alkyl halides is 2. The zero-order chi connectivity index (χ0) is 10.7. The van der Waals surface area contributed by atoms with Gasteiger partial charge in [-0.15, -0.1) is 0 Å². The number of hydrogen-bond donors (Lipinski definition) is 0. The Balaban J connectivity index is 3.18. The number of halogens is 4. The Morgan fingerprint density at radius 2 is 2.21 bits per heavy atom. The van der Waals surface area contributed by atoms with E-state index in [-0.39, 0.29) is 10.1 Å². The topological polar surface area (TPSA) is 36.7 Å². The lowest BCUT2D eigenvalue weighted by Crippen LogP contribution is -2.01. The minimum atomic E-state index is -2.93. The molecule has 1 aromatic rings. The van der Waals surface area contributed by atoms with E-state index in [4.69, 9.17) is 5.26 Å². The second-order valence-corrected chi connectivity index (χ2v) is 3.46. The average Bonchev–Trinajstić information content (AvgIpc) is 2.10. The van der Waals surface area contributed by atoms with Crippen molar-refractivity contribution < 1.29 is 13.2 Å². The summed E-state index contributed by atoms with van der Waals surface area (Å²) in [6.07, 6.45) is -2.97. The normalized spacial score (nSPS) is 10.3. The van der Waals surface area contributed by atoms with Crippen LogP contribution in [0.5, 0.6) is 0 Å². The van der Waals surface area contributed by atoms with E-state index in [9.17, 15) is 13.2 Å². The largest absolute Gasteiger partial charge is 0.283 e. The maximum atomic E-state index is 12.9. The Bertz CT molecular complexity index is 387. The van der Waals surface area contributed by atoms with E-state index in [0.717, 1.165) is 6.07 Å². The average molecular weight is 312 g/mol. The number of hydrogen-bond acceptors (Lipinski definition) is 2. The van der Waals surface area contributed by atoms with Gasteiger partial charge in [0, 0.05) is 5.56 Å². The van der Waals surface area contributed by atoms with Crippen LogP contribution >= 0.6 is 22.6 Å². The van der Waals surface area contributed by atoms with Gasteiger partial charge in [-0.3, -0.25) is 0 Å². The molecule has 6 heteroatoms. The predicted molar refractivity (Wildman–Crippen MR) is 51.2 cm³/mol. The molecule has 0 saturated carbocycles. The highest BCUT2D eigenvalue weighted by atomic mass is 127. The van der Waals surface area contributed by atoms with Gasteiger partial charge in [0.25, 0.3) is 6.43 Å². The van der Waals surface area contributed by atoms with Crippen LogP contribution in [0.15, 0.2) is 6.07 Å². The van der Waals surface area contributed by atoms with Gasteiger partial charge < -0.3 is 0 Å². The highest BCUT2D eigenvalue weighted by molar-refractivity contribution is 14.1. The molecule has 14 heavy (non-hydrogen) atoms. The Labute approximate surface area is 91.9 Å². The van der Waals surface area contributed by atoms with E-state index >= 15 is 0 Å². The first kappa shape index (κ1) is 11.2. The van der Waals surface area contributed by atoms with Crippen LogP contribution in [0.3, 0.4) is 0 Å². The number of nitrogens with zero attached hydrogens (tertiary/aromatic N) is 2. The van der Waals surface area contributed by atoms with Crippen LogP contribution in [0.2, 0.25) is 0 Å². The molecular formula is C8H4F3IN2. The fraction of sp³-hybridized carbons (Fsp3) is 0.250. The van der Waals surface area contributed by atoms with Gasteiger partial charge in [0.1, 0.15) is 9.39 Å². The van der Waals surface area contributed by atoms with Crippen LogP contribution in [0.1, 0.15) is 17.7 Å².